The topological polar surface area (TPSA) is 66.4 Å². The number of nitrogens with one attached hydrogen (secondary N) is 1. The Hall–Kier alpha value is -1.85. The van der Waals surface area contributed by atoms with Gasteiger partial charge in [0.05, 0.1) is 4.90 Å². The molecule has 5 heteroatoms. The van der Waals surface area contributed by atoms with Gasteiger partial charge in [-0.2, -0.15) is 0 Å². The Labute approximate surface area is 151 Å². The van der Waals surface area contributed by atoms with Gasteiger partial charge in [0, 0.05) is 6.04 Å². The monoisotopic (exact) mass is 361 g/mol. The van der Waals surface area contributed by atoms with Gasteiger partial charge in [-0.1, -0.05) is 30.7 Å². The van der Waals surface area contributed by atoms with E-state index in [0.29, 0.717) is 17.7 Å². The molecule has 1 atom stereocenters. The van der Waals surface area contributed by atoms with Crippen molar-refractivity contribution >= 4 is 10.0 Å². The van der Waals surface area contributed by atoms with E-state index in [1.165, 1.54) is 0 Å². The fourth-order valence-corrected chi connectivity index (χ4v) is 5.09. The van der Waals surface area contributed by atoms with Crippen LogP contribution >= 0.6 is 0 Å². The van der Waals surface area contributed by atoms with E-state index in [9.17, 15) is 13.5 Å². The van der Waals surface area contributed by atoms with Gasteiger partial charge in [-0.25, -0.2) is 13.1 Å². The van der Waals surface area contributed by atoms with Gasteiger partial charge in [0.15, 0.2) is 0 Å². The van der Waals surface area contributed by atoms with Crippen molar-refractivity contribution in [2.24, 2.45) is 0 Å². The van der Waals surface area contributed by atoms with E-state index in [-0.39, 0.29) is 11.8 Å². The maximum absolute atomic E-state index is 12.9. The summed E-state index contributed by atoms with van der Waals surface area (Å²) in [6.07, 6.45) is 1.27. The summed E-state index contributed by atoms with van der Waals surface area (Å²) in [5.74, 6) is 0.223. The number of aromatic hydroxyl groups is 1. The number of sulfonamides is 1. The van der Waals surface area contributed by atoms with Crippen LogP contribution in [0.25, 0.3) is 0 Å². The fourth-order valence-electron chi connectivity index (χ4n) is 3.31. The molecule has 0 saturated heterocycles. The normalized spacial score (nSPS) is 13.0. The minimum Gasteiger partial charge on any atom is -0.508 e. The second-order valence-corrected chi connectivity index (χ2v) is 8.42. The average Bonchev–Trinajstić information content (AvgIpc) is 2.47. The largest absolute Gasteiger partial charge is 0.508 e. The first-order valence-electron chi connectivity index (χ1n) is 8.52. The molecule has 2 rings (SSSR count). The molecule has 0 aromatic heterocycles. The molecule has 2 aromatic carbocycles. The Morgan fingerprint density at radius 2 is 1.60 bits per heavy atom. The van der Waals surface area contributed by atoms with Crippen LogP contribution in [0.1, 0.15) is 41.2 Å². The van der Waals surface area contributed by atoms with Gasteiger partial charge in [0.25, 0.3) is 0 Å². The quantitative estimate of drug-likeness (QED) is 0.819. The molecule has 0 aliphatic carbocycles. The molecule has 0 radical (unpaired) electrons. The summed E-state index contributed by atoms with van der Waals surface area (Å²) >= 11 is 0. The highest BCUT2D eigenvalue weighted by Gasteiger charge is 2.23. The van der Waals surface area contributed by atoms with Gasteiger partial charge in [0.2, 0.25) is 10.0 Å². The van der Waals surface area contributed by atoms with Crippen molar-refractivity contribution < 1.29 is 13.5 Å². The fraction of sp³-hybridized carbons (Fsp3) is 0.400. The van der Waals surface area contributed by atoms with Gasteiger partial charge < -0.3 is 5.11 Å². The molecule has 136 valence electrons. The lowest BCUT2D eigenvalue weighted by Crippen LogP contribution is -2.36. The van der Waals surface area contributed by atoms with Crippen LogP contribution in [0.3, 0.4) is 0 Å². The molecule has 2 aromatic rings. The number of phenols is 1. The standard InChI is InChI=1S/C20H27NO3S/c1-6-18(12-17-7-8-19(22)11-14(17)3)21-25(23,24)20-15(4)9-13(2)10-16(20)5/h7-11,18,21-22H,6,12H2,1-5H3/t18-/m0/s1. The maximum Gasteiger partial charge on any atom is 0.241 e. The lowest BCUT2D eigenvalue weighted by Gasteiger charge is -2.20. The molecule has 2 N–H and O–H groups in total. The van der Waals surface area contributed by atoms with Crippen LogP contribution in [0, 0.1) is 27.7 Å². The van der Waals surface area contributed by atoms with E-state index in [2.05, 4.69) is 4.72 Å². The smallest absolute Gasteiger partial charge is 0.241 e. The SMILES string of the molecule is CC[C@@H](Cc1ccc(O)cc1C)NS(=O)(=O)c1c(C)cc(C)cc1C. The summed E-state index contributed by atoms with van der Waals surface area (Å²) in [5, 5.41) is 9.54. The molecular formula is C20H27NO3S. The predicted octanol–water partition coefficient (Wildman–Crippen LogP) is 3.93. The average molecular weight is 362 g/mol. The van der Waals surface area contributed by atoms with Gasteiger partial charge in [-0.05, 0) is 74.9 Å². The summed E-state index contributed by atoms with van der Waals surface area (Å²) in [6, 6.07) is 8.78. The number of aryl methyl sites for hydroxylation is 4. The number of hydrogen-bond acceptors (Lipinski definition) is 3. The Morgan fingerprint density at radius 3 is 2.12 bits per heavy atom. The number of phenolic OH excluding ortho intramolecular Hbond substituents is 1. The van der Waals surface area contributed by atoms with Crippen molar-refractivity contribution in [3.05, 3.63) is 58.1 Å². The molecule has 25 heavy (non-hydrogen) atoms. The van der Waals surface area contributed by atoms with Gasteiger partial charge in [-0.3, -0.25) is 0 Å². The second-order valence-electron chi connectivity index (χ2n) is 6.77. The highest BCUT2D eigenvalue weighted by molar-refractivity contribution is 7.89. The molecule has 0 aliphatic rings. The van der Waals surface area contributed by atoms with E-state index in [1.54, 1.807) is 12.1 Å². The number of benzene rings is 2. The van der Waals surface area contributed by atoms with E-state index < -0.39 is 10.0 Å². The molecular weight excluding hydrogens is 334 g/mol. The van der Waals surface area contributed by atoms with Crippen molar-refractivity contribution in [1.29, 1.82) is 0 Å². The summed E-state index contributed by atoms with van der Waals surface area (Å²) in [5.41, 5.74) is 4.58. The Balaban J connectivity index is 2.28. The van der Waals surface area contributed by atoms with Crippen LogP contribution in [-0.4, -0.2) is 19.6 Å². The number of hydrogen-bond donors (Lipinski definition) is 2. The molecule has 0 heterocycles. The minimum absolute atomic E-state index is 0.201. The third-order valence-corrected chi connectivity index (χ3v) is 6.31. The predicted molar refractivity (Wildman–Crippen MR) is 102 cm³/mol. The lowest BCUT2D eigenvalue weighted by atomic mass is 10.00. The van der Waals surface area contributed by atoms with Crippen LogP contribution in [0.15, 0.2) is 35.2 Å². The van der Waals surface area contributed by atoms with E-state index in [1.807, 2.05) is 52.8 Å². The van der Waals surface area contributed by atoms with E-state index in [4.69, 9.17) is 0 Å². The van der Waals surface area contributed by atoms with Crippen molar-refractivity contribution in [3.63, 3.8) is 0 Å². The van der Waals surface area contributed by atoms with Crippen molar-refractivity contribution in [2.45, 2.75) is 58.4 Å². The first-order valence-corrected chi connectivity index (χ1v) is 10.0. The van der Waals surface area contributed by atoms with Gasteiger partial charge >= 0.3 is 0 Å². The van der Waals surface area contributed by atoms with E-state index >= 15 is 0 Å². The van der Waals surface area contributed by atoms with Crippen LogP contribution in [0.2, 0.25) is 0 Å². The zero-order chi connectivity index (χ0) is 18.8. The molecule has 4 nitrogen and oxygen atoms in total. The summed E-state index contributed by atoms with van der Waals surface area (Å²) in [4.78, 5) is 0.374. The van der Waals surface area contributed by atoms with Crippen molar-refractivity contribution in [1.82, 2.24) is 4.72 Å². The molecule has 0 unspecified atom stereocenters. The summed E-state index contributed by atoms with van der Waals surface area (Å²) < 4.78 is 28.7. The molecule has 0 fully saturated rings. The van der Waals surface area contributed by atoms with Crippen LogP contribution in [0.4, 0.5) is 0 Å². The molecule has 0 saturated carbocycles. The van der Waals surface area contributed by atoms with Crippen molar-refractivity contribution in [3.8, 4) is 5.75 Å². The highest BCUT2D eigenvalue weighted by atomic mass is 32.2. The Morgan fingerprint density at radius 1 is 1.00 bits per heavy atom. The Kier molecular flexibility index (Phi) is 5.91. The summed E-state index contributed by atoms with van der Waals surface area (Å²) in [6.45, 7) is 9.52. The minimum atomic E-state index is -3.59. The molecule has 0 amide bonds. The molecule has 0 bridgehead atoms. The van der Waals surface area contributed by atoms with Crippen LogP contribution < -0.4 is 4.72 Å². The van der Waals surface area contributed by atoms with Crippen LogP contribution in [-0.2, 0) is 16.4 Å². The highest BCUT2D eigenvalue weighted by Crippen LogP contribution is 2.23. The second kappa shape index (κ2) is 7.58. The Bertz CT molecular complexity index is 850. The molecule has 0 aliphatic heterocycles. The summed E-state index contributed by atoms with van der Waals surface area (Å²) in [7, 11) is -3.59. The first kappa shape index (κ1) is 19.5. The molecule has 0 spiro atoms. The van der Waals surface area contributed by atoms with E-state index in [0.717, 1.165) is 27.8 Å². The van der Waals surface area contributed by atoms with Crippen molar-refractivity contribution in [2.75, 3.05) is 0 Å². The maximum atomic E-state index is 12.9. The lowest BCUT2D eigenvalue weighted by molar-refractivity contribution is 0.474. The zero-order valence-electron chi connectivity index (χ0n) is 15.6. The van der Waals surface area contributed by atoms with Gasteiger partial charge in [-0.15, -0.1) is 0 Å². The number of rotatable bonds is 6. The zero-order valence-corrected chi connectivity index (χ0v) is 16.4. The third kappa shape index (κ3) is 4.61. The third-order valence-electron chi connectivity index (χ3n) is 4.48. The van der Waals surface area contributed by atoms with Crippen LogP contribution in [0.5, 0.6) is 5.75 Å². The first-order chi connectivity index (χ1) is 11.6. The van der Waals surface area contributed by atoms with Gasteiger partial charge in [0.1, 0.15) is 5.75 Å².